The highest BCUT2D eigenvalue weighted by Gasteiger charge is 2.30. The zero-order valence-electron chi connectivity index (χ0n) is 11.3. The first kappa shape index (κ1) is 12.4. The Morgan fingerprint density at radius 2 is 1.89 bits per heavy atom. The van der Waals surface area contributed by atoms with Crippen LogP contribution in [0, 0.1) is 6.92 Å². The first-order valence-corrected chi connectivity index (χ1v) is 6.99. The van der Waals surface area contributed by atoms with E-state index < -0.39 is 0 Å². The lowest BCUT2D eigenvalue weighted by Crippen LogP contribution is -2.30. The molecule has 0 radical (unpaired) electrons. The van der Waals surface area contributed by atoms with Gasteiger partial charge in [-0.25, -0.2) is 9.97 Å². The molecule has 1 aromatic carbocycles. The Bertz CT molecular complexity index is 577. The van der Waals surface area contributed by atoms with Crippen molar-refractivity contribution < 1.29 is 0 Å². The first-order valence-electron chi connectivity index (χ1n) is 6.99. The van der Waals surface area contributed by atoms with Crippen molar-refractivity contribution in [2.45, 2.75) is 32.2 Å². The van der Waals surface area contributed by atoms with E-state index in [1.165, 1.54) is 12.8 Å². The van der Waals surface area contributed by atoms with Crippen LogP contribution in [0.1, 0.15) is 25.0 Å². The Morgan fingerprint density at radius 1 is 1.21 bits per heavy atom. The summed E-state index contributed by atoms with van der Waals surface area (Å²) < 4.78 is 0. The van der Waals surface area contributed by atoms with Crippen LogP contribution in [0.5, 0.6) is 0 Å². The van der Waals surface area contributed by atoms with E-state index in [0.29, 0.717) is 6.04 Å². The standard InChI is InChI=1S/C15H20N4/c1-11-15(19(10-4-9-16)12-7-8-12)18-14-6-3-2-5-13(14)17-11/h2-3,5-6,12H,4,7-10,16H2,1H3. The number of aryl methyl sites for hydroxylation is 1. The van der Waals surface area contributed by atoms with Gasteiger partial charge in [0, 0.05) is 12.6 Å². The van der Waals surface area contributed by atoms with Crippen LogP contribution in [0.15, 0.2) is 24.3 Å². The van der Waals surface area contributed by atoms with Crippen molar-refractivity contribution in [1.82, 2.24) is 9.97 Å². The molecule has 4 nitrogen and oxygen atoms in total. The summed E-state index contributed by atoms with van der Waals surface area (Å²) in [5, 5.41) is 0. The highest BCUT2D eigenvalue weighted by molar-refractivity contribution is 5.76. The molecule has 0 saturated heterocycles. The number of benzene rings is 1. The molecule has 0 spiro atoms. The number of aromatic nitrogens is 2. The third-order valence-electron chi connectivity index (χ3n) is 3.58. The molecule has 0 aliphatic heterocycles. The van der Waals surface area contributed by atoms with Gasteiger partial charge in [-0.3, -0.25) is 0 Å². The van der Waals surface area contributed by atoms with Crippen LogP contribution in [0.25, 0.3) is 11.0 Å². The third-order valence-corrected chi connectivity index (χ3v) is 3.58. The van der Waals surface area contributed by atoms with Crippen molar-refractivity contribution in [2.75, 3.05) is 18.0 Å². The molecular weight excluding hydrogens is 236 g/mol. The van der Waals surface area contributed by atoms with Gasteiger partial charge in [0.15, 0.2) is 5.82 Å². The van der Waals surface area contributed by atoms with E-state index in [-0.39, 0.29) is 0 Å². The van der Waals surface area contributed by atoms with Gasteiger partial charge >= 0.3 is 0 Å². The summed E-state index contributed by atoms with van der Waals surface area (Å²) in [4.78, 5) is 11.9. The second-order valence-electron chi connectivity index (χ2n) is 5.19. The average Bonchev–Trinajstić information content (AvgIpc) is 3.24. The number of anilines is 1. The Balaban J connectivity index is 1.99. The fourth-order valence-corrected chi connectivity index (χ4v) is 2.46. The van der Waals surface area contributed by atoms with Gasteiger partial charge in [-0.1, -0.05) is 12.1 Å². The maximum absolute atomic E-state index is 5.64. The minimum Gasteiger partial charge on any atom is -0.352 e. The maximum Gasteiger partial charge on any atom is 0.151 e. The van der Waals surface area contributed by atoms with E-state index >= 15 is 0 Å². The molecule has 0 unspecified atom stereocenters. The molecule has 1 heterocycles. The molecule has 0 atom stereocenters. The molecular formula is C15H20N4. The van der Waals surface area contributed by atoms with Gasteiger partial charge in [-0.05, 0) is 44.9 Å². The predicted molar refractivity (Wildman–Crippen MR) is 78.3 cm³/mol. The molecule has 0 amide bonds. The molecule has 1 saturated carbocycles. The summed E-state index contributed by atoms with van der Waals surface area (Å²) in [5.41, 5.74) is 8.60. The molecule has 19 heavy (non-hydrogen) atoms. The minimum absolute atomic E-state index is 0.640. The summed E-state index contributed by atoms with van der Waals surface area (Å²) in [5.74, 6) is 1.04. The smallest absolute Gasteiger partial charge is 0.151 e. The summed E-state index contributed by atoms with van der Waals surface area (Å²) in [6.45, 7) is 3.75. The molecule has 1 fully saturated rings. The molecule has 0 bridgehead atoms. The van der Waals surface area contributed by atoms with Crippen LogP contribution in [0.3, 0.4) is 0 Å². The van der Waals surface area contributed by atoms with Gasteiger partial charge in [0.1, 0.15) is 0 Å². The fourth-order valence-electron chi connectivity index (χ4n) is 2.46. The van der Waals surface area contributed by atoms with Gasteiger partial charge in [0.2, 0.25) is 0 Å². The van der Waals surface area contributed by atoms with Crippen LogP contribution < -0.4 is 10.6 Å². The van der Waals surface area contributed by atoms with Gasteiger partial charge < -0.3 is 10.6 Å². The van der Waals surface area contributed by atoms with E-state index in [1.807, 2.05) is 31.2 Å². The van der Waals surface area contributed by atoms with Crippen molar-refractivity contribution in [3.8, 4) is 0 Å². The van der Waals surface area contributed by atoms with Crippen LogP contribution >= 0.6 is 0 Å². The highest BCUT2D eigenvalue weighted by Crippen LogP contribution is 2.32. The summed E-state index contributed by atoms with van der Waals surface area (Å²) in [7, 11) is 0. The number of fused-ring (bicyclic) bond motifs is 1. The van der Waals surface area contributed by atoms with Crippen LogP contribution in [-0.4, -0.2) is 29.1 Å². The topological polar surface area (TPSA) is 55.0 Å². The zero-order valence-corrected chi connectivity index (χ0v) is 11.3. The van der Waals surface area contributed by atoms with Gasteiger partial charge in [0.25, 0.3) is 0 Å². The SMILES string of the molecule is Cc1nc2ccccc2nc1N(CCCN)C1CC1. The lowest BCUT2D eigenvalue weighted by atomic mass is 10.2. The van der Waals surface area contributed by atoms with Gasteiger partial charge in [-0.2, -0.15) is 0 Å². The molecule has 3 rings (SSSR count). The molecule has 2 N–H and O–H groups in total. The number of nitrogens with two attached hydrogens (primary N) is 1. The van der Waals surface area contributed by atoms with Gasteiger partial charge in [0.05, 0.1) is 16.7 Å². The fraction of sp³-hybridized carbons (Fsp3) is 0.467. The largest absolute Gasteiger partial charge is 0.352 e. The Morgan fingerprint density at radius 3 is 2.53 bits per heavy atom. The lowest BCUT2D eigenvalue weighted by Gasteiger charge is -2.24. The predicted octanol–water partition coefficient (Wildman–Crippen LogP) is 2.26. The number of rotatable bonds is 5. The van der Waals surface area contributed by atoms with Crippen molar-refractivity contribution in [1.29, 1.82) is 0 Å². The van der Waals surface area contributed by atoms with E-state index in [2.05, 4.69) is 9.88 Å². The number of para-hydroxylation sites is 2. The molecule has 2 aromatic rings. The molecule has 1 aliphatic carbocycles. The molecule has 100 valence electrons. The zero-order chi connectivity index (χ0) is 13.2. The van der Waals surface area contributed by atoms with Crippen LogP contribution in [-0.2, 0) is 0 Å². The summed E-state index contributed by atoms with van der Waals surface area (Å²) in [6, 6.07) is 8.70. The van der Waals surface area contributed by atoms with Crippen molar-refractivity contribution in [3.05, 3.63) is 30.0 Å². The Hall–Kier alpha value is -1.68. The van der Waals surface area contributed by atoms with Gasteiger partial charge in [-0.15, -0.1) is 0 Å². The van der Waals surface area contributed by atoms with Crippen molar-refractivity contribution >= 4 is 16.9 Å². The Kier molecular flexibility index (Phi) is 3.34. The molecule has 1 aromatic heterocycles. The highest BCUT2D eigenvalue weighted by atomic mass is 15.2. The lowest BCUT2D eigenvalue weighted by molar-refractivity contribution is 0.719. The number of nitrogens with zero attached hydrogens (tertiary/aromatic N) is 3. The van der Waals surface area contributed by atoms with E-state index in [1.54, 1.807) is 0 Å². The first-order chi connectivity index (χ1) is 9.29. The number of hydrogen-bond donors (Lipinski definition) is 1. The van der Waals surface area contributed by atoms with Crippen LogP contribution in [0.2, 0.25) is 0 Å². The average molecular weight is 256 g/mol. The summed E-state index contributed by atoms with van der Waals surface area (Å²) >= 11 is 0. The van der Waals surface area contributed by atoms with Crippen molar-refractivity contribution in [2.24, 2.45) is 5.73 Å². The van der Waals surface area contributed by atoms with Crippen LogP contribution in [0.4, 0.5) is 5.82 Å². The second-order valence-corrected chi connectivity index (χ2v) is 5.19. The van der Waals surface area contributed by atoms with E-state index in [0.717, 1.165) is 42.1 Å². The monoisotopic (exact) mass is 256 g/mol. The maximum atomic E-state index is 5.64. The van der Waals surface area contributed by atoms with E-state index in [4.69, 9.17) is 10.7 Å². The molecule has 1 aliphatic rings. The summed E-state index contributed by atoms with van der Waals surface area (Å²) in [6.07, 6.45) is 3.53. The quantitative estimate of drug-likeness (QED) is 0.891. The molecule has 4 heteroatoms. The normalized spacial score (nSPS) is 14.8. The van der Waals surface area contributed by atoms with Crippen molar-refractivity contribution in [3.63, 3.8) is 0 Å². The minimum atomic E-state index is 0.640. The van der Waals surface area contributed by atoms with E-state index in [9.17, 15) is 0 Å². The Labute approximate surface area is 113 Å². The number of hydrogen-bond acceptors (Lipinski definition) is 4. The second kappa shape index (κ2) is 5.13. The third kappa shape index (κ3) is 2.54.